The summed E-state index contributed by atoms with van der Waals surface area (Å²) in [6.07, 6.45) is 1.86. The number of benzene rings is 1. The van der Waals surface area contributed by atoms with Crippen molar-refractivity contribution in [1.29, 1.82) is 0 Å². The van der Waals surface area contributed by atoms with Crippen molar-refractivity contribution in [3.63, 3.8) is 0 Å². The molecule has 5 nitrogen and oxygen atoms in total. The summed E-state index contributed by atoms with van der Waals surface area (Å²) in [6, 6.07) is 4.98. The minimum Gasteiger partial charge on any atom is -0.506 e. The molecule has 0 aliphatic heterocycles. The average molecular weight is 327 g/mol. The molecule has 0 fully saturated rings. The fraction of sp³-hybridized carbons (Fsp3) is 0.286. The molecule has 1 heterocycles. The summed E-state index contributed by atoms with van der Waals surface area (Å²) in [6.45, 7) is 2.62. The van der Waals surface area contributed by atoms with Crippen LogP contribution in [0.15, 0.2) is 24.4 Å². The molecule has 1 aromatic carbocycles. The molecule has 2 rings (SSSR count). The van der Waals surface area contributed by atoms with Gasteiger partial charge in [0.2, 0.25) is 0 Å². The number of hydrogen-bond donors (Lipinski definition) is 2. The van der Waals surface area contributed by atoms with Crippen LogP contribution in [0.2, 0.25) is 4.47 Å². The van der Waals surface area contributed by atoms with Crippen molar-refractivity contribution in [2.24, 2.45) is 0 Å². The summed E-state index contributed by atoms with van der Waals surface area (Å²) < 4.78 is 5.38. The average Bonchev–Trinajstić information content (AvgIpc) is 2.85. The molecule has 0 atom stereocenters. The highest BCUT2D eigenvalue weighted by atomic mass is 35.5. The van der Waals surface area contributed by atoms with Gasteiger partial charge in [0.25, 0.3) is 0 Å². The molecule has 2 aromatic rings. The second kappa shape index (κ2) is 7.28. The van der Waals surface area contributed by atoms with Crippen molar-refractivity contribution in [1.82, 2.24) is 4.98 Å². The molecule has 0 bridgehead atoms. The van der Waals surface area contributed by atoms with Gasteiger partial charge in [0.05, 0.1) is 25.3 Å². The molecule has 0 spiro atoms. The molecule has 1 aromatic heterocycles. The monoisotopic (exact) mass is 326 g/mol. The van der Waals surface area contributed by atoms with E-state index < -0.39 is 0 Å². The molecule has 7 heteroatoms. The van der Waals surface area contributed by atoms with Crippen LogP contribution in [-0.2, 0) is 22.5 Å². The van der Waals surface area contributed by atoms with E-state index >= 15 is 0 Å². The molecule has 0 aliphatic carbocycles. The Morgan fingerprint density at radius 2 is 2.33 bits per heavy atom. The van der Waals surface area contributed by atoms with E-state index in [4.69, 9.17) is 16.3 Å². The molecule has 0 aliphatic rings. The number of esters is 1. The number of phenolic OH excluding ortho intramolecular Hbond substituents is 1. The van der Waals surface area contributed by atoms with Gasteiger partial charge in [0.1, 0.15) is 5.75 Å². The van der Waals surface area contributed by atoms with Gasteiger partial charge in [-0.3, -0.25) is 4.79 Å². The summed E-state index contributed by atoms with van der Waals surface area (Å²) in [4.78, 5) is 16.4. The molecule has 0 saturated heterocycles. The van der Waals surface area contributed by atoms with Gasteiger partial charge in [-0.05, 0) is 24.6 Å². The highest BCUT2D eigenvalue weighted by Crippen LogP contribution is 2.26. The van der Waals surface area contributed by atoms with Crippen LogP contribution >= 0.6 is 22.9 Å². The Morgan fingerprint density at radius 1 is 1.52 bits per heavy atom. The van der Waals surface area contributed by atoms with Crippen LogP contribution < -0.4 is 5.32 Å². The van der Waals surface area contributed by atoms with Crippen LogP contribution in [0.3, 0.4) is 0 Å². The molecule has 21 heavy (non-hydrogen) atoms. The Balaban J connectivity index is 2.03. The topological polar surface area (TPSA) is 71.5 Å². The van der Waals surface area contributed by atoms with E-state index in [0.29, 0.717) is 23.3 Å². The largest absolute Gasteiger partial charge is 0.506 e. The van der Waals surface area contributed by atoms with E-state index in [1.165, 1.54) is 11.3 Å². The van der Waals surface area contributed by atoms with E-state index in [2.05, 4.69) is 10.3 Å². The van der Waals surface area contributed by atoms with Gasteiger partial charge in [-0.25, -0.2) is 4.98 Å². The van der Waals surface area contributed by atoms with Gasteiger partial charge < -0.3 is 15.2 Å². The lowest BCUT2D eigenvalue weighted by Crippen LogP contribution is -2.08. The van der Waals surface area contributed by atoms with E-state index in [1.807, 2.05) is 0 Å². The van der Waals surface area contributed by atoms with Crippen molar-refractivity contribution in [2.45, 2.75) is 19.9 Å². The van der Waals surface area contributed by atoms with Crippen LogP contribution in [0.25, 0.3) is 0 Å². The smallest absolute Gasteiger partial charge is 0.310 e. The normalized spacial score (nSPS) is 10.4. The number of thiazole rings is 1. The first kappa shape index (κ1) is 15.6. The quantitative estimate of drug-likeness (QED) is 0.630. The van der Waals surface area contributed by atoms with Gasteiger partial charge in [-0.2, -0.15) is 0 Å². The van der Waals surface area contributed by atoms with Crippen molar-refractivity contribution in [2.75, 3.05) is 11.9 Å². The maximum atomic E-state index is 11.5. The number of phenols is 1. The lowest BCUT2D eigenvalue weighted by molar-refractivity contribution is -0.142. The third kappa shape index (κ3) is 4.61. The van der Waals surface area contributed by atoms with E-state index in [0.717, 1.165) is 10.4 Å². The number of carbonyl (C=O) groups is 1. The number of anilines is 1. The van der Waals surface area contributed by atoms with Gasteiger partial charge >= 0.3 is 5.97 Å². The SMILES string of the molecule is CCOC(=O)Cc1ccc(O)c(NCc2cnc(Cl)s2)c1. The molecule has 0 unspecified atom stereocenters. The summed E-state index contributed by atoms with van der Waals surface area (Å²) in [7, 11) is 0. The third-order valence-electron chi connectivity index (χ3n) is 2.69. The Morgan fingerprint density at radius 3 is 3.00 bits per heavy atom. The first-order valence-electron chi connectivity index (χ1n) is 6.40. The maximum absolute atomic E-state index is 11.5. The molecule has 2 N–H and O–H groups in total. The van der Waals surface area contributed by atoms with E-state index in [-0.39, 0.29) is 18.1 Å². The summed E-state index contributed by atoms with van der Waals surface area (Å²) in [5.74, 6) is -0.165. The Bertz CT molecular complexity index is 630. The highest BCUT2D eigenvalue weighted by molar-refractivity contribution is 7.15. The van der Waals surface area contributed by atoms with E-state index in [1.54, 1.807) is 31.3 Å². The van der Waals surface area contributed by atoms with E-state index in [9.17, 15) is 9.90 Å². The Labute approximate surface area is 131 Å². The van der Waals surface area contributed by atoms with Crippen LogP contribution in [0.1, 0.15) is 17.4 Å². The van der Waals surface area contributed by atoms with Crippen LogP contribution in [0, 0.1) is 0 Å². The Kier molecular flexibility index (Phi) is 5.41. The number of aromatic nitrogens is 1. The second-order valence-electron chi connectivity index (χ2n) is 4.27. The van der Waals surface area contributed by atoms with Crippen LogP contribution in [-0.4, -0.2) is 22.7 Å². The van der Waals surface area contributed by atoms with Crippen molar-refractivity contribution in [3.05, 3.63) is 39.3 Å². The minimum atomic E-state index is -0.289. The number of rotatable bonds is 6. The first-order valence-corrected chi connectivity index (χ1v) is 7.59. The van der Waals surface area contributed by atoms with Gasteiger partial charge in [0, 0.05) is 11.1 Å². The predicted octanol–water partition coefficient (Wildman–Crippen LogP) is 3.22. The number of halogens is 1. The Hall–Kier alpha value is -1.79. The highest BCUT2D eigenvalue weighted by Gasteiger charge is 2.08. The zero-order valence-corrected chi connectivity index (χ0v) is 13.0. The standard InChI is InChI=1S/C14H15ClN2O3S/c1-2-20-13(19)6-9-3-4-12(18)11(5-9)16-7-10-8-17-14(15)21-10/h3-5,8,16,18H,2,6-7H2,1H3. The molecular formula is C14H15ClN2O3S. The predicted molar refractivity (Wildman–Crippen MR) is 82.9 cm³/mol. The number of nitrogens with zero attached hydrogens (tertiary/aromatic N) is 1. The fourth-order valence-corrected chi connectivity index (χ4v) is 2.68. The number of hydrogen-bond acceptors (Lipinski definition) is 6. The third-order valence-corrected chi connectivity index (χ3v) is 3.81. The van der Waals surface area contributed by atoms with Crippen LogP contribution in [0.5, 0.6) is 5.75 Å². The van der Waals surface area contributed by atoms with Gasteiger partial charge in [-0.15, -0.1) is 11.3 Å². The molecular weight excluding hydrogens is 312 g/mol. The number of carbonyl (C=O) groups excluding carboxylic acids is 1. The fourth-order valence-electron chi connectivity index (χ4n) is 1.76. The number of ether oxygens (including phenoxy) is 1. The van der Waals surface area contributed by atoms with Crippen molar-refractivity contribution < 1.29 is 14.6 Å². The number of aromatic hydroxyl groups is 1. The van der Waals surface area contributed by atoms with Gasteiger partial charge in [0.15, 0.2) is 4.47 Å². The number of nitrogens with one attached hydrogen (secondary N) is 1. The zero-order chi connectivity index (χ0) is 15.2. The minimum absolute atomic E-state index is 0.123. The second-order valence-corrected chi connectivity index (χ2v) is 5.96. The molecule has 0 radical (unpaired) electrons. The molecule has 0 saturated carbocycles. The maximum Gasteiger partial charge on any atom is 0.310 e. The van der Waals surface area contributed by atoms with Gasteiger partial charge in [-0.1, -0.05) is 17.7 Å². The van der Waals surface area contributed by atoms with Crippen molar-refractivity contribution >= 4 is 34.6 Å². The summed E-state index contributed by atoms with van der Waals surface area (Å²) >= 11 is 7.13. The van der Waals surface area contributed by atoms with Crippen molar-refractivity contribution in [3.8, 4) is 5.75 Å². The lowest BCUT2D eigenvalue weighted by Gasteiger charge is -2.09. The zero-order valence-electron chi connectivity index (χ0n) is 11.4. The lowest BCUT2D eigenvalue weighted by atomic mass is 10.1. The summed E-state index contributed by atoms with van der Waals surface area (Å²) in [5, 5.41) is 12.9. The van der Waals surface area contributed by atoms with Crippen LogP contribution in [0.4, 0.5) is 5.69 Å². The molecule has 0 amide bonds. The molecule has 112 valence electrons. The first-order chi connectivity index (χ1) is 10.1. The summed E-state index contributed by atoms with van der Waals surface area (Å²) in [5.41, 5.74) is 1.33.